The molecule has 29 heavy (non-hydrogen) atoms. The van der Waals surface area contributed by atoms with Crippen LogP contribution in [0.15, 0.2) is 23.1 Å². The number of esters is 1. The zero-order chi connectivity index (χ0) is 20.6. The molecule has 0 saturated heterocycles. The fourth-order valence-corrected chi connectivity index (χ4v) is 4.72. The summed E-state index contributed by atoms with van der Waals surface area (Å²) in [6.45, 7) is 6.51. The van der Waals surface area contributed by atoms with Gasteiger partial charge in [0.1, 0.15) is 0 Å². The minimum absolute atomic E-state index is 0.0837. The van der Waals surface area contributed by atoms with Gasteiger partial charge in [-0.3, -0.25) is 9.59 Å². The van der Waals surface area contributed by atoms with Crippen molar-refractivity contribution in [1.29, 1.82) is 0 Å². The summed E-state index contributed by atoms with van der Waals surface area (Å²) in [5, 5.41) is 0. The van der Waals surface area contributed by atoms with E-state index in [1.165, 1.54) is 28.9 Å². The predicted molar refractivity (Wildman–Crippen MR) is 118 cm³/mol. The fourth-order valence-electron chi connectivity index (χ4n) is 3.83. The van der Waals surface area contributed by atoms with Crippen molar-refractivity contribution in [3.8, 4) is 0 Å². The topological polar surface area (TPSA) is 46.6 Å². The predicted octanol–water partition coefficient (Wildman–Crippen LogP) is 5.22. The maximum absolute atomic E-state index is 12.3. The molecule has 0 aromatic heterocycles. The molecule has 1 aromatic rings. The van der Waals surface area contributed by atoms with E-state index >= 15 is 0 Å². The van der Waals surface area contributed by atoms with Gasteiger partial charge >= 0.3 is 5.97 Å². The van der Waals surface area contributed by atoms with Crippen LogP contribution in [0.3, 0.4) is 0 Å². The second-order valence-electron chi connectivity index (χ2n) is 8.41. The molecule has 1 atom stereocenters. The van der Waals surface area contributed by atoms with Crippen molar-refractivity contribution >= 4 is 23.6 Å². The van der Waals surface area contributed by atoms with Gasteiger partial charge in [0.2, 0.25) is 5.91 Å². The van der Waals surface area contributed by atoms with E-state index in [1.807, 2.05) is 4.90 Å². The Bertz CT molecular complexity index is 701. The number of fused-ring (bicyclic) bond motifs is 1. The molecule has 1 heterocycles. The van der Waals surface area contributed by atoms with Crippen molar-refractivity contribution in [3.05, 3.63) is 29.3 Å². The summed E-state index contributed by atoms with van der Waals surface area (Å²) in [6, 6.07) is 6.52. The Morgan fingerprint density at radius 1 is 1.24 bits per heavy atom. The van der Waals surface area contributed by atoms with E-state index in [1.54, 1.807) is 11.8 Å². The Hall–Kier alpha value is -1.49. The van der Waals surface area contributed by atoms with E-state index < -0.39 is 0 Å². The van der Waals surface area contributed by atoms with Crippen LogP contribution in [-0.4, -0.2) is 35.7 Å². The maximum atomic E-state index is 12.3. The lowest BCUT2D eigenvalue weighted by atomic mass is 9.99. The van der Waals surface area contributed by atoms with Crippen LogP contribution in [0.5, 0.6) is 0 Å². The molecule has 1 saturated carbocycles. The number of rotatable bonds is 11. The molecule has 4 nitrogen and oxygen atoms in total. The number of carbonyl (C=O) groups excluding carboxylic acids is 2. The highest BCUT2D eigenvalue weighted by Crippen LogP contribution is 2.33. The van der Waals surface area contributed by atoms with E-state index in [9.17, 15) is 9.59 Å². The molecule has 0 radical (unpaired) electrons. The number of amides is 1. The normalized spacial score (nSPS) is 17.0. The molecule has 3 rings (SSSR count). The number of thioether (sulfide) groups is 1. The van der Waals surface area contributed by atoms with E-state index in [2.05, 4.69) is 32.0 Å². The number of benzene rings is 1. The first-order chi connectivity index (χ1) is 14.1. The largest absolute Gasteiger partial charge is 0.465 e. The van der Waals surface area contributed by atoms with Gasteiger partial charge in [-0.2, -0.15) is 0 Å². The van der Waals surface area contributed by atoms with Crippen LogP contribution in [0.2, 0.25) is 0 Å². The summed E-state index contributed by atoms with van der Waals surface area (Å²) in [4.78, 5) is 27.6. The van der Waals surface area contributed by atoms with E-state index in [-0.39, 0.29) is 5.97 Å². The highest BCUT2D eigenvalue weighted by molar-refractivity contribution is 7.99. The summed E-state index contributed by atoms with van der Waals surface area (Å²) >= 11 is 1.72. The standard InChI is InChI=1S/C24H35NO3S/c1-3-5-6-18(4-2)17-28-23(26)12-14-29-22-10-9-21-16-25(13-11-20(21)15-22)24(27)19-7-8-19/h9-10,15,18-19H,3-8,11-14,16-17H2,1-2H3. The summed E-state index contributed by atoms with van der Waals surface area (Å²) in [7, 11) is 0. The maximum Gasteiger partial charge on any atom is 0.306 e. The molecule has 2 aliphatic rings. The second-order valence-corrected chi connectivity index (χ2v) is 9.58. The zero-order valence-corrected chi connectivity index (χ0v) is 18.8. The number of hydrogen-bond donors (Lipinski definition) is 0. The van der Waals surface area contributed by atoms with Gasteiger partial charge in [-0.15, -0.1) is 11.8 Å². The average molecular weight is 418 g/mol. The molecule has 1 aromatic carbocycles. The number of ether oxygens (including phenoxy) is 1. The summed E-state index contributed by atoms with van der Waals surface area (Å²) in [5.74, 6) is 1.80. The lowest BCUT2D eigenvalue weighted by Crippen LogP contribution is -2.36. The molecule has 0 spiro atoms. The van der Waals surface area contributed by atoms with E-state index in [0.717, 1.165) is 50.9 Å². The number of unbranched alkanes of at least 4 members (excludes halogenated alkanes) is 1. The van der Waals surface area contributed by atoms with Crippen molar-refractivity contribution in [2.24, 2.45) is 11.8 Å². The van der Waals surface area contributed by atoms with Crippen LogP contribution in [0.4, 0.5) is 0 Å². The molecule has 1 amide bonds. The fraction of sp³-hybridized carbons (Fsp3) is 0.667. The lowest BCUT2D eigenvalue weighted by molar-refractivity contribution is -0.144. The quantitative estimate of drug-likeness (QED) is 0.366. The first kappa shape index (κ1) is 22.2. The van der Waals surface area contributed by atoms with Gasteiger partial charge in [-0.1, -0.05) is 39.2 Å². The summed E-state index contributed by atoms with van der Waals surface area (Å²) in [6.07, 6.45) is 8.13. The van der Waals surface area contributed by atoms with Gasteiger partial charge in [-0.05, 0) is 54.9 Å². The monoisotopic (exact) mass is 417 g/mol. The number of nitrogens with zero attached hydrogens (tertiary/aromatic N) is 1. The average Bonchev–Trinajstić information content (AvgIpc) is 3.58. The van der Waals surface area contributed by atoms with Crippen LogP contribution >= 0.6 is 11.8 Å². The number of carbonyl (C=O) groups is 2. The SMILES string of the molecule is CCCCC(CC)COC(=O)CCSc1ccc2c(c1)CCN(C(=O)C1CC1)C2. The third-order valence-electron chi connectivity index (χ3n) is 6.03. The van der Waals surface area contributed by atoms with Gasteiger partial charge in [0, 0.05) is 29.7 Å². The van der Waals surface area contributed by atoms with Gasteiger partial charge in [-0.25, -0.2) is 0 Å². The molecule has 0 bridgehead atoms. The van der Waals surface area contributed by atoms with E-state index in [0.29, 0.717) is 30.8 Å². The van der Waals surface area contributed by atoms with Crippen molar-refractivity contribution in [1.82, 2.24) is 4.90 Å². The van der Waals surface area contributed by atoms with Crippen LogP contribution in [0.25, 0.3) is 0 Å². The highest BCUT2D eigenvalue weighted by atomic mass is 32.2. The molecule has 0 N–H and O–H groups in total. The summed E-state index contributed by atoms with van der Waals surface area (Å²) < 4.78 is 5.49. The Morgan fingerprint density at radius 3 is 2.79 bits per heavy atom. The Balaban J connectivity index is 1.39. The molecule has 1 aliphatic carbocycles. The van der Waals surface area contributed by atoms with Gasteiger partial charge in [0.25, 0.3) is 0 Å². The van der Waals surface area contributed by atoms with Crippen LogP contribution < -0.4 is 0 Å². The molecular formula is C24H35NO3S. The van der Waals surface area contributed by atoms with Crippen LogP contribution in [0.1, 0.15) is 69.9 Å². The van der Waals surface area contributed by atoms with E-state index in [4.69, 9.17) is 4.74 Å². The first-order valence-corrected chi connectivity index (χ1v) is 12.3. The minimum atomic E-state index is -0.0837. The van der Waals surface area contributed by atoms with Crippen molar-refractivity contribution in [2.75, 3.05) is 18.9 Å². The first-order valence-electron chi connectivity index (χ1n) is 11.3. The second kappa shape index (κ2) is 11.1. The minimum Gasteiger partial charge on any atom is -0.465 e. The lowest BCUT2D eigenvalue weighted by Gasteiger charge is -2.29. The third kappa shape index (κ3) is 6.77. The molecule has 5 heteroatoms. The molecule has 160 valence electrons. The highest BCUT2D eigenvalue weighted by Gasteiger charge is 2.34. The Kier molecular flexibility index (Phi) is 8.46. The smallest absolute Gasteiger partial charge is 0.306 e. The van der Waals surface area contributed by atoms with Crippen molar-refractivity contribution in [3.63, 3.8) is 0 Å². The Morgan fingerprint density at radius 2 is 2.07 bits per heavy atom. The third-order valence-corrected chi connectivity index (χ3v) is 7.02. The van der Waals surface area contributed by atoms with Gasteiger partial charge < -0.3 is 9.64 Å². The number of hydrogen-bond acceptors (Lipinski definition) is 4. The molecular weight excluding hydrogens is 382 g/mol. The molecule has 1 aliphatic heterocycles. The van der Waals surface area contributed by atoms with Crippen molar-refractivity contribution < 1.29 is 14.3 Å². The zero-order valence-electron chi connectivity index (χ0n) is 18.0. The Labute approximate surface area is 179 Å². The van der Waals surface area contributed by atoms with Crippen molar-refractivity contribution in [2.45, 2.75) is 76.7 Å². The molecule has 1 fully saturated rings. The van der Waals surface area contributed by atoms with Gasteiger partial charge in [0.15, 0.2) is 0 Å². The van der Waals surface area contributed by atoms with Crippen LogP contribution in [-0.2, 0) is 27.3 Å². The molecule has 1 unspecified atom stereocenters. The van der Waals surface area contributed by atoms with Crippen LogP contribution in [0, 0.1) is 11.8 Å². The summed E-state index contributed by atoms with van der Waals surface area (Å²) in [5.41, 5.74) is 2.62. The van der Waals surface area contributed by atoms with Gasteiger partial charge in [0.05, 0.1) is 13.0 Å².